The highest BCUT2D eigenvalue weighted by Crippen LogP contribution is 2.08. The van der Waals surface area contributed by atoms with Crippen LogP contribution in [0.5, 0.6) is 0 Å². The van der Waals surface area contributed by atoms with E-state index in [0.29, 0.717) is 37.9 Å². The summed E-state index contributed by atoms with van der Waals surface area (Å²) >= 11 is 0. The molecule has 0 saturated heterocycles. The smallest absolute Gasteiger partial charge is 0.216 e. The van der Waals surface area contributed by atoms with E-state index < -0.39 is 10.0 Å². The standard InChI is InChI=1S/C15H29N5O3S.HI/c1-6-16-15(18-11-14-19-12(3)13(4)23-14)17-9-8-10-20(5)24(21,22)7-2;/h6-11H2,1-5H3,(H2,16,17,18);1H. The molecule has 1 rings (SSSR count). The second-order valence-electron chi connectivity index (χ2n) is 5.45. The number of rotatable bonds is 9. The number of nitrogens with one attached hydrogen (secondary N) is 2. The van der Waals surface area contributed by atoms with E-state index in [1.807, 2.05) is 20.8 Å². The maximum atomic E-state index is 11.7. The molecule has 0 unspecified atom stereocenters. The molecular weight excluding hydrogens is 457 g/mol. The molecule has 0 fully saturated rings. The van der Waals surface area contributed by atoms with Crippen molar-refractivity contribution in [3.63, 3.8) is 0 Å². The molecule has 0 atom stereocenters. The van der Waals surface area contributed by atoms with E-state index in [-0.39, 0.29) is 29.7 Å². The lowest BCUT2D eigenvalue weighted by Crippen LogP contribution is -2.39. The molecule has 8 nitrogen and oxygen atoms in total. The Bertz CT molecular complexity index is 626. The van der Waals surface area contributed by atoms with E-state index in [4.69, 9.17) is 4.42 Å². The van der Waals surface area contributed by atoms with Crippen molar-refractivity contribution in [3.05, 3.63) is 17.3 Å². The molecule has 0 amide bonds. The van der Waals surface area contributed by atoms with Crippen LogP contribution in [0.25, 0.3) is 0 Å². The molecule has 0 radical (unpaired) electrons. The predicted octanol–water partition coefficient (Wildman–Crippen LogP) is 1.64. The van der Waals surface area contributed by atoms with Crippen LogP contribution in [0.15, 0.2) is 9.41 Å². The van der Waals surface area contributed by atoms with Crippen molar-refractivity contribution in [1.29, 1.82) is 0 Å². The van der Waals surface area contributed by atoms with E-state index in [9.17, 15) is 8.42 Å². The van der Waals surface area contributed by atoms with Crippen molar-refractivity contribution in [2.75, 3.05) is 32.4 Å². The number of halogens is 1. The number of hydrogen-bond donors (Lipinski definition) is 2. The molecule has 0 bridgehead atoms. The Morgan fingerprint density at radius 1 is 1.28 bits per heavy atom. The quantitative estimate of drug-likeness (QED) is 0.238. The topological polar surface area (TPSA) is 99.8 Å². The summed E-state index contributed by atoms with van der Waals surface area (Å²) < 4.78 is 30.2. The van der Waals surface area contributed by atoms with Gasteiger partial charge in [-0.25, -0.2) is 22.7 Å². The number of aliphatic imine (C=N–C) groups is 1. The van der Waals surface area contributed by atoms with E-state index in [2.05, 4.69) is 20.6 Å². The maximum Gasteiger partial charge on any atom is 0.216 e. The van der Waals surface area contributed by atoms with Crippen LogP contribution >= 0.6 is 24.0 Å². The zero-order valence-corrected chi connectivity index (χ0v) is 18.8. The lowest BCUT2D eigenvalue weighted by atomic mass is 10.4. The summed E-state index contributed by atoms with van der Waals surface area (Å²) in [4.78, 5) is 8.72. The van der Waals surface area contributed by atoms with Crippen LogP contribution in [0.2, 0.25) is 0 Å². The third-order valence-corrected chi connectivity index (χ3v) is 5.43. The van der Waals surface area contributed by atoms with Crippen LogP contribution in [-0.2, 0) is 16.6 Å². The molecule has 0 aliphatic rings. The fourth-order valence-corrected chi connectivity index (χ4v) is 2.81. The van der Waals surface area contributed by atoms with Crippen LogP contribution in [0.3, 0.4) is 0 Å². The molecule has 146 valence electrons. The summed E-state index contributed by atoms with van der Waals surface area (Å²) in [6, 6.07) is 0. The molecule has 0 aliphatic heterocycles. The highest BCUT2D eigenvalue weighted by Gasteiger charge is 2.14. The van der Waals surface area contributed by atoms with Gasteiger partial charge in [-0.3, -0.25) is 0 Å². The van der Waals surface area contributed by atoms with E-state index >= 15 is 0 Å². The minimum atomic E-state index is -3.12. The molecule has 1 aromatic heterocycles. The molecule has 0 aliphatic carbocycles. The van der Waals surface area contributed by atoms with Gasteiger partial charge >= 0.3 is 0 Å². The lowest BCUT2D eigenvalue weighted by Gasteiger charge is -2.16. The van der Waals surface area contributed by atoms with Crippen molar-refractivity contribution >= 4 is 40.0 Å². The Labute approximate surface area is 167 Å². The maximum absolute atomic E-state index is 11.7. The number of oxazole rings is 1. The normalized spacial score (nSPS) is 12.2. The number of guanidine groups is 1. The minimum absolute atomic E-state index is 0. The number of nitrogens with zero attached hydrogens (tertiary/aromatic N) is 3. The first kappa shape index (κ1) is 24.1. The molecule has 25 heavy (non-hydrogen) atoms. The summed E-state index contributed by atoms with van der Waals surface area (Å²) in [7, 11) is -1.52. The summed E-state index contributed by atoms with van der Waals surface area (Å²) in [6.45, 7) is 9.59. The second kappa shape index (κ2) is 11.7. The van der Waals surface area contributed by atoms with Crippen LogP contribution in [-0.4, -0.2) is 56.1 Å². The van der Waals surface area contributed by atoms with Gasteiger partial charge in [0.2, 0.25) is 15.9 Å². The fourth-order valence-electron chi connectivity index (χ4n) is 1.96. The third kappa shape index (κ3) is 8.36. The number of aryl methyl sites for hydroxylation is 2. The Morgan fingerprint density at radius 2 is 1.96 bits per heavy atom. The summed E-state index contributed by atoms with van der Waals surface area (Å²) in [5.41, 5.74) is 0.873. The Hall–Kier alpha value is -0.880. The Kier molecular flexibility index (Phi) is 11.3. The molecular formula is C15H30IN5O3S. The van der Waals surface area contributed by atoms with Gasteiger partial charge in [-0.15, -0.1) is 24.0 Å². The van der Waals surface area contributed by atoms with E-state index in [1.165, 1.54) is 4.31 Å². The fraction of sp³-hybridized carbons (Fsp3) is 0.733. The van der Waals surface area contributed by atoms with Gasteiger partial charge in [0.05, 0.1) is 11.4 Å². The van der Waals surface area contributed by atoms with Gasteiger partial charge in [0.15, 0.2) is 5.96 Å². The second-order valence-corrected chi connectivity index (χ2v) is 7.81. The average Bonchev–Trinajstić information content (AvgIpc) is 2.87. The van der Waals surface area contributed by atoms with E-state index in [1.54, 1.807) is 14.0 Å². The third-order valence-electron chi connectivity index (χ3n) is 3.57. The zero-order valence-electron chi connectivity index (χ0n) is 15.6. The first-order valence-electron chi connectivity index (χ1n) is 8.19. The monoisotopic (exact) mass is 487 g/mol. The summed E-state index contributed by atoms with van der Waals surface area (Å²) in [5, 5.41) is 6.33. The van der Waals surface area contributed by atoms with Crippen molar-refractivity contribution in [1.82, 2.24) is 19.9 Å². The number of sulfonamides is 1. The van der Waals surface area contributed by atoms with Crippen LogP contribution in [0.4, 0.5) is 0 Å². The van der Waals surface area contributed by atoms with E-state index in [0.717, 1.165) is 18.0 Å². The molecule has 1 heterocycles. The summed E-state index contributed by atoms with van der Waals surface area (Å²) in [5.74, 6) is 2.16. The molecule has 10 heteroatoms. The van der Waals surface area contributed by atoms with Crippen LogP contribution in [0.1, 0.15) is 37.6 Å². The van der Waals surface area contributed by atoms with Crippen molar-refractivity contribution in [2.24, 2.45) is 4.99 Å². The molecule has 1 aromatic rings. The molecule has 0 spiro atoms. The van der Waals surface area contributed by atoms with Crippen LogP contribution in [0, 0.1) is 13.8 Å². The Balaban J connectivity index is 0.00000576. The first-order valence-corrected chi connectivity index (χ1v) is 9.80. The zero-order chi connectivity index (χ0) is 18.2. The largest absolute Gasteiger partial charge is 0.444 e. The van der Waals surface area contributed by atoms with Crippen molar-refractivity contribution in [3.8, 4) is 0 Å². The summed E-state index contributed by atoms with van der Waals surface area (Å²) in [6.07, 6.45) is 0.692. The lowest BCUT2D eigenvalue weighted by molar-refractivity contribution is 0.460. The van der Waals surface area contributed by atoms with Gasteiger partial charge < -0.3 is 15.1 Å². The van der Waals surface area contributed by atoms with Crippen LogP contribution < -0.4 is 10.6 Å². The SMILES string of the molecule is CCNC(=NCc1nc(C)c(C)o1)NCCCN(C)S(=O)(=O)CC.I. The molecule has 2 N–H and O–H groups in total. The highest BCUT2D eigenvalue weighted by atomic mass is 127. The van der Waals surface area contributed by atoms with Gasteiger partial charge in [-0.2, -0.15) is 0 Å². The van der Waals surface area contributed by atoms with Gasteiger partial charge in [0, 0.05) is 26.7 Å². The van der Waals surface area contributed by atoms with Gasteiger partial charge in [-0.1, -0.05) is 0 Å². The average molecular weight is 487 g/mol. The number of hydrogen-bond acceptors (Lipinski definition) is 5. The molecule has 0 saturated carbocycles. The van der Waals surface area contributed by atoms with Crippen molar-refractivity contribution in [2.45, 2.75) is 40.7 Å². The van der Waals surface area contributed by atoms with Gasteiger partial charge in [0.25, 0.3) is 0 Å². The van der Waals surface area contributed by atoms with Gasteiger partial charge in [-0.05, 0) is 34.1 Å². The molecule has 0 aromatic carbocycles. The Morgan fingerprint density at radius 3 is 2.48 bits per heavy atom. The predicted molar refractivity (Wildman–Crippen MR) is 111 cm³/mol. The highest BCUT2D eigenvalue weighted by molar-refractivity contribution is 14.0. The van der Waals surface area contributed by atoms with Gasteiger partial charge in [0.1, 0.15) is 12.3 Å². The minimum Gasteiger partial charge on any atom is -0.444 e. The first-order chi connectivity index (χ1) is 11.3. The number of aromatic nitrogens is 1. The van der Waals surface area contributed by atoms with Crippen molar-refractivity contribution < 1.29 is 12.8 Å².